The zero-order valence-corrected chi connectivity index (χ0v) is 10.3. The van der Waals surface area contributed by atoms with Crippen molar-refractivity contribution in [1.82, 2.24) is 10.6 Å². The van der Waals surface area contributed by atoms with Crippen LogP contribution in [0.5, 0.6) is 0 Å². The van der Waals surface area contributed by atoms with Gasteiger partial charge in [0.25, 0.3) is 0 Å². The molecule has 0 saturated carbocycles. The molecule has 0 saturated heterocycles. The van der Waals surface area contributed by atoms with E-state index in [1.165, 1.54) is 32.2 Å². The van der Waals surface area contributed by atoms with Gasteiger partial charge in [-0.25, -0.2) is 0 Å². The lowest BCUT2D eigenvalue weighted by molar-refractivity contribution is 0.511. The summed E-state index contributed by atoms with van der Waals surface area (Å²) in [5.41, 5.74) is 0. The zero-order chi connectivity index (χ0) is 10.9. The van der Waals surface area contributed by atoms with Crippen LogP contribution >= 0.6 is 0 Å². The van der Waals surface area contributed by atoms with E-state index in [1.807, 2.05) is 0 Å². The normalized spacial score (nSPS) is 20.3. The number of hydrogen-bond acceptors (Lipinski definition) is 2. The van der Waals surface area contributed by atoms with Crippen molar-refractivity contribution in [2.45, 2.75) is 45.6 Å². The van der Waals surface area contributed by atoms with Crippen molar-refractivity contribution >= 4 is 0 Å². The van der Waals surface area contributed by atoms with E-state index in [9.17, 15) is 0 Å². The molecule has 0 spiro atoms. The lowest BCUT2D eigenvalue weighted by Crippen LogP contribution is -2.27. The van der Waals surface area contributed by atoms with Crippen molar-refractivity contribution in [1.29, 1.82) is 0 Å². The van der Waals surface area contributed by atoms with E-state index in [0.29, 0.717) is 6.04 Å². The maximum atomic E-state index is 3.51. The fraction of sp³-hybridized carbons (Fsp3) is 0.846. The molecule has 0 bridgehead atoms. The van der Waals surface area contributed by atoms with Crippen molar-refractivity contribution in [3.63, 3.8) is 0 Å². The van der Waals surface area contributed by atoms with Crippen molar-refractivity contribution in [2.24, 2.45) is 5.92 Å². The van der Waals surface area contributed by atoms with Gasteiger partial charge in [0.05, 0.1) is 0 Å². The summed E-state index contributed by atoms with van der Waals surface area (Å²) in [6.07, 6.45) is 9.91. The second kappa shape index (κ2) is 7.89. The molecular weight excluding hydrogens is 184 g/mol. The summed E-state index contributed by atoms with van der Waals surface area (Å²) in [5, 5.41) is 6.94. The Morgan fingerprint density at radius 3 is 2.80 bits per heavy atom. The molecule has 1 atom stereocenters. The predicted octanol–water partition coefficient (Wildman–Crippen LogP) is 2.32. The first-order valence-electron chi connectivity index (χ1n) is 6.40. The van der Waals surface area contributed by atoms with E-state index < -0.39 is 0 Å². The number of allylic oxidation sites excluding steroid dienone is 2. The molecule has 1 aliphatic carbocycles. The minimum atomic E-state index is 0.619. The van der Waals surface area contributed by atoms with Gasteiger partial charge in [0, 0.05) is 6.04 Å². The van der Waals surface area contributed by atoms with Gasteiger partial charge in [-0.2, -0.15) is 0 Å². The Morgan fingerprint density at radius 2 is 2.13 bits per heavy atom. The highest BCUT2D eigenvalue weighted by atomic mass is 14.9. The molecule has 1 aliphatic rings. The monoisotopic (exact) mass is 210 g/mol. The van der Waals surface area contributed by atoms with Gasteiger partial charge < -0.3 is 10.6 Å². The van der Waals surface area contributed by atoms with E-state index in [4.69, 9.17) is 0 Å². The maximum absolute atomic E-state index is 3.51. The summed E-state index contributed by atoms with van der Waals surface area (Å²) in [5.74, 6) is 0.853. The minimum absolute atomic E-state index is 0.619. The van der Waals surface area contributed by atoms with Gasteiger partial charge in [0.2, 0.25) is 0 Å². The van der Waals surface area contributed by atoms with Crippen molar-refractivity contribution in [3.05, 3.63) is 12.2 Å². The SMILES string of the molecule is CC(C)NCCCNCCC1C=CCC1. The van der Waals surface area contributed by atoms with E-state index in [2.05, 4.69) is 36.6 Å². The molecule has 0 aromatic heterocycles. The highest BCUT2D eigenvalue weighted by molar-refractivity contribution is 4.95. The number of nitrogens with one attached hydrogen (secondary N) is 2. The van der Waals surface area contributed by atoms with Gasteiger partial charge >= 0.3 is 0 Å². The van der Waals surface area contributed by atoms with E-state index in [1.54, 1.807) is 0 Å². The van der Waals surface area contributed by atoms with Crippen molar-refractivity contribution in [2.75, 3.05) is 19.6 Å². The summed E-state index contributed by atoms with van der Waals surface area (Å²) < 4.78 is 0. The molecule has 0 aromatic carbocycles. The predicted molar refractivity (Wildman–Crippen MR) is 67.1 cm³/mol. The number of rotatable bonds is 8. The lowest BCUT2D eigenvalue weighted by atomic mass is 10.1. The molecule has 2 nitrogen and oxygen atoms in total. The molecular formula is C13H26N2. The third-order valence-electron chi connectivity index (χ3n) is 2.89. The van der Waals surface area contributed by atoms with Crippen LogP contribution in [0.4, 0.5) is 0 Å². The van der Waals surface area contributed by atoms with Gasteiger partial charge in [0.15, 0.2) is 0 Å². The van der Waals surface area contributed by atoms with Crippen LogP contribution in [-0.2, 0) is 0 Å². The van der Waals surface area contributed by atoms with Crippen LogP contribution in [0, 0.1) is 5.92 Å². The molecule has 15 heavy (non-hydrogen) atoms. The van der Waals surface area contributed by atoms with Crippen molar-refractivity contribution < 1.29 is 0 Å². The maximum Gasteiger partial charge on any atom is 0.00103 e. The fourth-order valence-corrected chi connectivity index (χ4v) is 1.95. The topological polar surface area (TPSA) is 24.1 Å². The molecule has 0 heterocycles. The molecule has 0 aromatic rings. The molecule has 0 aliphatic heterocycles. The van der Waals surface area contributed by atoms with Crippen LogP contribution in [0.1, 0.15) is 39.5 Å². The Labute approximate surface area is 94.5 Å². The molecule has 1 rings (SSSR count). The summed E-state index contributed by atoms with van der Waals surface area (Å²) >= 11 is 0. The smallest absolute Gasteiger partial charge is 0.00103 e. The molecule has 1 unspecified atom stereocenters. The van der Waals surface area contributed by atoms with Gasteiger partial charge in [-0.3, -0.25) is 0 Å². The lowest BCUT2D eigenvalue weighted by Gasteiger charge is -2.10. The summed E-state index contributed by atoms with van der Waals surface area (Å²) in [4.78, 5) is 0. The molecule has 0 amide bonds. The molecule has 0 fully saturated rings. The average Bonchev–Trinajstić information content (AvgIpc) is 2.68. The fourth-order valence-electron chi connectivity index (χ4n) is 1.95. The highest BCUT2D eigenvalue weighted by Gasteiger charge is 2.07. The second-order valence-corrected chi connectivity index (χ2v) is 4.77. The van der Waals surface area contributed by atoms with Gasteiger partial charge in [-0.15, -0.1) is 0 Å². The summed E-state index contributed by atoms with van der Waals surface area (Å²) in [6, 6.07) is 0.619. The third-order valence-corrected chi connectivity index (χ3v) is 2.89. The van der Waals surface area contributed by atoms with Crippen LogP contribution in [0.3, 0.4) is 0 Å². The molecule has 0 radical (unpaired) electrons. The Kier molecular flexibility index (Phi) is 6.69. The Bertz CT molecular complexity index is 175. The van der Waals surface area contributed by atoms with Crippen LogP contribution in [0.25, 0.3) is 0 Å². The number of hydrogen-bond donors (Lipinski definition) is 2. The first-order chi connectivity index (χ1) is 7.29. The Hall–Kier alpha value is -0.340. The molecule has 88 valence electrons. The quantitative estimate of drug-likeness (QED) is 0.474. The van der Waals surface area contributed by atoms with Gasteiger partial charge in [-0.1, -0.05) is 26.0 Å². The second-order valence-electron chi connectivity index (χ2n) is 4.77. The third kappa shape index (κ3) is 6.69. The van der Waals surface area contributed by atoms with Crippen LogP contribution in [0.2, 0.25) is 0 Å². The Morgan fingerprint density at radius 1 is 1.27 bits per heavy atom. The van der Waals surface area contributed by atoms with Gasteiger partial charge in [-0.05, 0) is 51.2 Å². The van der Waals surface area contributed by atoms with Crippen LogP contribution < -0.4 is 10.6 Å². The van der Waals surface area contributed by atoms with Crippen LogP contribution in [-0.4, -0.2) is 25.7 Å². The molecule has 2 N–H and O–H groups in total. The van der Waals surface area contributed by atoms with E-state index in [0.717, 1.165) is 19.0 Å². The van der Waals surface area contributed by atoms with Gasteiger partial charge in [0.1, 0.15) is 0 Å². The first kappa shape index (κ1) is 12.7. The van der Waals surface area contributed by atoms with E-state index in [-0.39, 0.29) is 0 Å². The summed E-state index contributed by atoms with van der Waals surface area (Å²) in [7, 11) is 0. The average molecular weight is 210 g/mol. The Balaban J connectivity index is 1.79. The highest BCUT2D eigenvalue weighted by Crippen LogP contribution is 2.19. The summed E-state index contributed by atoms with van der Waals surface area (Å²) in [6.45, 7) is 7.85. The largest absolute Gasteiger partial charge is 0.317 e. The zero-order valence-electron chi connectivity index (χ0n) is 10.3. The van der Waals surface area contributed by atoms with E-state index >= 15 is 0 Å². The van der Waals surface area contributed by atoms with Crippen molar-refractivity contribution in [3.8, 4) is 0 Å². The standard InChI is InChI=1S/C13H26N2/c1-12(2)15-10-5-9-14-11-8-13-6-3-4-7-13/h3,6,12-15H,4-5,7-11H2,1-2H3. The van der Waals surface area contributed by atoms with Crippen LogP contribution in [0.15, 0.2) is 12.2 Å². The molecule has 2 heteroatoms. The minimum Gasteiger partial charge on any atom is -0.317 e. The first-order valence-corrected chi connectivity index (χ1v) is 6.40.